The van der Waals surface area contributed by atoms with Gasteiger partial charge < -0.3 is 4.74 Å². The maximum Gasteiger partial charge on any atom is 0.293 e. The predicted molar refractivity (Wildman–Crippen MR) is 77.7 cm³/mol. The molecule has 5 atom stereocenters. The molecule has 0 saturated heterocycles. The van der Waals surface area contributed by atoms with Crippen molar-refractivity contribution in [2.75, 3.05) is 0 Å². The summed E-state index contributed by atoms with van der Waals surface area (Å²) in [5.74, 6) is 1.91. The quantitative estimate of drug-likeness (QED) is 0.691. The number of carbonyl (C=O) groups is 1. The summed E-state index contributed by atoms with van der Waals surface area (Å²) in [5, 5.41) is 0. The summed E-state index contributed by atoms with van der Waals surface area (Å²) >= 11 is 0. The molecule has 2 heteroatoms. The number of carbonyl (C=O) groups excluding carboxylic acids is 1. The van der Waals surface area contributed by atoms with Gasteiger partial charge in [-0.25, -0.2) is 0 Å². The molecule has 0 aromatic rings. The Morgan fingerprint density at radius 2 is 1.68 bits per heavy atom. The molecule has 1 unspecified atom stereocenters. The predicted octanol–water partition coefficient (Wildman–Crippen LogP) is 4.43. The molecule has 2 aliphatic rings. The van der Waals surface area contributed by atoms with Gasteiger partial charge in [0.2, 0.25) is 0 Å². The fraction of sp³-hybridized carbons (Fsp3) is 0.941. The normalized spacial score (nSPS) is 49.3. The van der Waals surface area contributed by atoms with E-state index in [4.69, 9.17) is 4.74 Å². The third kappa shape index (κ3) is 2.02. The van der Waals surface area contributed by atoms with Crippen molar-refractivity contribution >= 4 is 6.47 Å². The van der Waals surface area contributed by atoms with E-state index in [0.29, 0.717) is 17.8 Å². The van der Waals surface area contributed by atoms with Crippen LogP contribution in [-0.2, 0) is 9.53 Å². The van der Waals surface area contributed by atoms with Crippen LogP contribution < -0.4 is 0 Å². The van der Waals surface area contributed by atoms with Gasteiger partial charge in [-0.05, 0) is 55.3 Å². The van der Waals surface area contributed by atoms with E-state index in [1.165, 1.54) is 19.3 Å². The van der Waals surface area contributed by atoms with Crippen LogP contribution in [0.3, 0.4) is 0 Å². The van der Waals surface area contributed by atoms with Gasteiger partial charge in [0.15, 0.2) is 0 Å². The Labute approximate surface area is 118 Å². The van der Waals surface area contributed by atoms with Crippen LogP contribution in [0.5, 0.6) is 0 Å². The van der Waals surface area contributed by atoms with Crippen LogP contribution in [0, 0.1) is 28.6 Å². The monoisotopic (exact) mass is 266 g/mol. The minimum Gasteiger partial charge on any atom is -0.461 e. The molecule has 0 N–H and O–H groups in total. The molecule has 0 radical (unpaired) electrons. The molecule has 2 saturated carbocycles. The molecular weight excluding hydrogens is 236 g/mol. The average Bonchev–Trinajstić information content (AvgIpc) is 2.61. The number of ether oxygens (including phenoxy) is 1. The van der Waals surface area contributed by atoms with Gasteiger partial charge in [0.05, 0.1) is 0 Å². The van der Waals surface area contributed by atoms with Gasteiger partial charge >= 0.3 is 0 Å². The van der Waals surface area contributed by atoms with Crippen LogP contribution >= 0.6 is 0 Å². The second kappa shape index (κ2) is 4.49. The lowest BCUT2D eigenvalue weighted by molar-refractivity contribution is -0.153. The van der Waals surface area contributed by atoms with Crippen molar-refractivity contribution < 1.29 is 9.53 Å². The third-order valence-corrected chi connectivity index (χ3v) is 7.22. The Bertz CT molecular complexity index is 362. The standard InChI is InChI=1S/C17H30O2/c1-12-7-8-14-15(3,4)13(2)17(6,19-11-18)10-9-16(12,14)5/h11-14H,7-10H2,1-6H3/t12-,13-,14?,16-,17-/m1/s1. The molecule has 0 spiro atoms. The Balaban J connectivity index is 2.42. The van der Waals surface area contributed by atoms with Crippen molar-refractivity contribution in [3.8, 4) is 0 Å². The Hall–Kier alpha value is -0.530. The highest BCUT2D eigenvalue weighted by molar-refractivity contribution is 5.38. The molecule has 2 nitrogen and oxygen atoms in total. The molecule has 0 aliphatic heterocycles. The van der Waals surface area contributed by atoms with E-state index < -0.39 is 0 Å². The average molecular weight is 266 g/mol. The minimum absolute atomic E-state index is 0.216. The summed E-state index contributed by atoms with van der Waals surface area (Å²) in [6, 6.07) is 0. The summed E-state index contributed by atoms with van der Waals surface area (Å²) < 4.78 is 5.56. The van der Waals surface area contributed by atoms with Crippen LogP contribution in [-0.4, -0.2) is 12.1 Å². The Morgan fingerprint density at radius 3 is 2.26 bits per heavy atom. The van der Waals surface area contributed by atoms with Gasteiger partial charge in [0.25, 0.3) is 6.47 Å². The first-order valence-electron chi connectivity index (χ1n) is 7.80. The Kier molecular flexibility index (Phi) is 3.52. The highest BCUT2D eigenvalue weighted by Crippen LogP contribution is 2.63. The van der Waals surface area contributed by atoms with Crippen molar-refractivity contribution in [3.05, 3.63) is 0 Å². The zero-order chi connectivity index (χ0) is 14.5. The van der Waals surface area contributed by atoms with Crippen molar-refractivity contribution in [2.24, 2.45) is 28.6 Å². The van der Waals surface area contributed by atoms with Gasteiger partial charge in [-0.1, -0.05) is 34.6 Å². The highest BCUT2D eigenvalue weighted by atomic mass is 16.5. The second-order valence-corrected chi connectivity index (χ2v) is 8.11. The van der Waals surface area contributed by atoms with Gasteiger partial charge in [-0.2, -0.15) is 0 Å². The Morgan fingerprint density at radius 1 is 1.05 bits per heavy atom. The highest BCUT2D eigenvalue weighted by Gasteiger charge is 2.58. The van der Waals surface area contributed by atoms with Crippen molar-refractivity contribution in [1.29, 1.82) is 0 Å². The first kappa shape index (κ1) is 14.9. The molecule has 0 amide bonds. The fourth-order valence-corrected chi connectivity index (χ4v) is 5.16. The summed E-state index contributed by atoms with van der Waals surface area (Å²) in [6.07, 6.45) is 4.85. The minimum atomic E-state index is -0.307. The molecule has 19 heavy (non-hydrogen) atoms. The van der Waals surface area contributed by atoms with Crippen LogP contribution in [0.4, 0.5) is 0 Å². The first-order chi connectivity index (χ1) is 8.68. The molecule has 0 bridgehead atoms. The van der Waals surface area contributed by atoms with Gasteiger partial charge in [0, 0.05) is 5.92 Å². The van der Waals surface area contributed by atoms with Crippen LogP contribution in [0.2, 0.25) is 0 Å². The van der Waals surface area contributed by atoms with E-state index in [1.807, 2.05) is 0 Å². The molecule has 2 rings (SSSR count). The topological polar surface area (TPSA) is 26.3 Å². The van der Waals surface area contributed by atoms with Crippen LogP contribution in [0.15, 0.2) is 0 Å². The maximum atomic E-state index is 10.9. The van der Waals surface area contributed by atoms with Crippen LogP contribution in [0.25, 0.3) is 0 Å². The molecule has 2 aliphatic carbocycles. The summed E-state index contributed by atoms with van der Waals surface area (Å²) in [6.45, 7) is 14.7. The number of rotatable bonds is 2. The largest absolute Gasteiger partial charge is 0.461 e. The van der Waals surface area contributed by atoms with E-state index in [2.05, 4.69) is 41.5 Å². The van der Waals surface area contributed by atoms with Crippen molar-refractivity contribution in [1.82, 2.24) is 0 Å². The summed E-state index contributed by atoms with van der Waals surface area (Å²) in [5.41, 5.74) is 0.313. The second-order valence-electron chi connectivity index (χ2n) is 8.11. The molecule has 0 heterocycles. The number of fused-ring (bicyclic) bond motifs is 1. The molecule has 0 aromatic heterocycles. The molecule has 2 fully saturated rings. The van der Waals surface area contributed by atoms with E-state index >= 15 is 0 Å². The maximum absolute atomic E-state index is 10.9. The lowest BCUT2D eigenvalue weighted by Crippen LogP contribution is -2.45. The fourth-order valence-electron chi connectivity index (χ4n) is 5.16. The zero-order valence-electron chi connectivity index (χ0n) is 13.5. The third-order valence-electron chi connectivity index (χ3n) is 7.22. The first-order valence-corrected chi connectivity index (χ1v) is 7.80. The van der Waals surface area contributed by atoms with Gasteiger partial charge in [-0.15, -0.1) is 0 Å². The summed E-state index contributed by atoms with van der Waals surface area (Å²) in [4.78, 5) is 10.9. The van der Waals surface area contributed by atoms with Crippen molar-refractivity contribution in [2.45, 2.75) is 72.8 Å². The lowest BCUT2D eigenvalue weighted by Gasteiger charge is -2.47. The summed E-state index contributed by atoms with van der Waals surface area (Å²) in [7, 11) is 0. The molecule has 110 valence electrons. The smallest absolute Gasteiger partial charge is 0.293 e. The van der Waals surface area contributed by atoms with E-state index in [1.54, 1.807) is 0 Å². The molecule has 0 aromatic carbocycles. The van der Waals surface area contributed by atoms with Gasteiger partial charge in [-0.3, -0.25) is 4.79 Å². The van der Waals surface area contributed by atoms with E-state index in [9.17, 15) is 4.79 Å². The van der Waals surface area contributed by atoms with Crippen LogP contribution in [0.1, 0.15) is 67.2 Å². The lowest BCUT2D eigenvalue weighted by atomic mass is 9.59. The van der Waals surface area contributed by atoms with Gasteiger partial charge in [0.1, 0.15) is 5.60 Å². The SMILES string of the molecule is C[C@@H]1C(C)(C)C2CC[C@@H](C)[C@@]2(C)CC[C@@]1(C)OC=O. The van der Waals surface area contributed by atoms with E-state index in [0.717, 1.165) is 18.3 Å². The van der Waals surface area contributed by atoms with E-state index in [-0.39, 0.29) is 11.0 Å². The zero-order valence-corrected chi connectivity index (χ0v) is 13.5. The number of hydrogen-bond donors (Lipinski definition) is 0. The number of hydrogen-bond acceptors (Lipinski definition) is 2. The molecular formula is C17H30O2. The van der Waals surface area contributed by atoms with Crippen molar-refractivity contribution in [3.63, 3.8) is 0 Å².